The molecule has 0 aliphatic heterocycles. The Morgan fingerprint density at radius 1 is 1.16 bits per heavy atom. The van der Waals surface area contributed by atoms with Crippen molar-refractivity contribution in [3.63, 3.8) is 0 Å². The Balaban J connectivity index is 1.71. The van der Waals surface area contributed by atoms with Crippen molar-refractivity contribution < 1.29 is 19.0 Å². The summed E-state index contributed by atoms with van der Waals surface area (Å²) in [6.45, 7) is 7.99. The van der Waals surface area contributed by atoms with Crippen molar-refractivity contribution in [1.82, 2.24) is 19.4 Å². The van der Waals surface area contributed by atoms with Crippen LogP contribution in [0.4, 0.5) is 10.6 Å². The molecular formula is C23H33N5O4. The zero-order chi connectivity index (χ0) is 23.3. The molecular weight excluding hydrogens is 410 g/mol. The summed E-state index contributed by atoms with van der Waals surface area (Å²) in [5.74, 6) is 1.29. The van der Waals surface area contributed by atoms with Gasteiger partial charge in [0.1, 0.15) is 16.9 Å². The smallest absolute Gasteiger partial charge is 0.410 e. The number of nitrogens with zero attached hydrogens (tertiary/aromatic N) is 4. The van der Waals surface area contributed by atoms with Crippen LogP contribution in [-0.2, 0) is 27.2 Å². The van der Waals surface area contributed by atoms with Crippen LogP contribution in [-0.4, -0.2) is 71.7 Å². The van der Waals surface area contributed by atoms with Gasteiger partial charge in [0.05, 0.1) is 30.9 Å². The first-order valence-corrected chi connectivity index (χ1v) is 10.8. The van der Waals surface area contributed by atoms with E-state index in [4.69, 9.17) is 24.9 Å². The first-order valence-electron chi connectivity index (χ1n) is 10.8. The number of amides is 1. The summed E-state index contributed by atoms with van der Waals surface area (Å²) in [5, 5.41) is 0.998. The van der Waals surface area contributed by atoms with E-state index in [0.29, 0.717) is 50.7 Å². The van der Waals surface area contributed by atoms with E-state index < -0.39 is 5.60 Å². The number of anilines is 1. The number of nitrogens with two attached hydrogens (primary N) is 1. The number of benzene rings is 1. The lowest BCUT2D eigenvalue weighted by molar-refractivity contribution is 0.0228. The van der Waals surface area contributed by atoms with Gasteiger partial charge in [-0.2, -0.15) is 0 Å². The van der Waals surface area contributed by atoms with Gasteiger partial charge in [0.15, 0.2) is 5.82 Å². The molecule has 0 bridgehead atoms. The molecule has 3 aromatic rings. The van der Waals surface area contributed by atoms with Crippen LogP contribution in [0.2, 0.25) is 0 Å². The number of rotatable bonds is 9. The molecule has 0 unspecified atom stereocenters. The van der Waals surface area contributed by atoms with Gasteiger partial charge >= 0.3 is 6.09 Å². The molecule has 2 heterocycles. The van der Waals surface area contributed by atoms with E-state index in [1.807, 2.05) is 45.0 Å². The molecule has 0 aliphatic rings. The molecule has 0 saturated heterocycles. The van der Waals surface area contributed by atoms with Gasteiger partial charge < -0.3 is 29.4 Å². The lowest BCUT2D eigenvalue weighted by atomic mass is 10.2. The van der Waals surface area contributed by atoms with Crippen LogP contribution in [0.15, 0.2) is 24.3 Å². The molecule has 1 amide bonds. The summed E-state index contributed by atoms with van der Waals surface area (Å²) in [6.07, 6.45) is 0.290. The van der Waals surface area contributed by atoms with E-state index in [-0.39, 0.29) is 6.09 Å². The standard InChI is InChI=1S/C23H33N5O4/c1-23(2,3)32-22(29)27(4)11-14-31-15-12-28-18(10-13-30-5)26-19-20(28)16-8-6-7-9-17(16)25-21(19)24/h6-9H,10-15H2,1-5H3,(H2,24,25). The van der Waals surface area contributed by atoms with Gasteiger partial charge in [-0.05, 0) is 26.8 Å². The minimum Gasteiger partial charge on any atom is -0.444 e. The highest BCUT2D eigenvalue weighted by molar-refractivity contribution is 6.06. The Hall–Kier alpha value is -2.91. The summed E-state index contributed by atoms with van der Waals surface area (Å²) in [7, 11) is 3.37. The second-order valence-electron chi connectivity index (χ2n) is 8.65. The molecule has 0 saturated carbocycles. The molecule has 0 radical (unpaired) electrons. The number of ether oxygens (including phenoxy) is 3. The molecule has 9 heteroatoms. The van der Waals surface area contributed by atoms with Crippen molar-refractivity contribution in [1.29, 1.82) is 0 Å². The zero-order valence-corrected chi connectivity index (χ0v) is 19.6. The van der Waals surface area contributed by atoms with Crippen LogP contribution < -0.4 is 5.73 Å². The van der Waals surface area contributed by atoms with Crippen molar-refractivity contribution in [2.24, 2.45) is 0 Å². The average molecular weight is 444 g/mol. The maximum absolute atomic E-state index is 12.1. The number of carbonyl (C=O) groups is 1. The molecule has 0 atom stereocenters. The van der Waals surface area contributed by atoms with Crippen molar-refractivity contribution in [3.05, 3.63) is 30.1 Å². The van der Waals surface area contributed by atoms with Gasteiger partial charge in [-0.3, -0.25) is 0 Å². The Kier molecular flexibility index (Phi) is 7.52. The van der Waals surface area contributed by atoms with Gasteiger partial charge in [-0.15, -0.1) is 0 Å². The fourth-order valence-electron chi connectivity index (χ4n) is 3.42. The van der Waals surface area contributed by atoms with Gasteiger partial charge in [0.25, 0.3) is 0 Å². The Labute approximate surface area is 188 Å². The maximum atomic E-state index is 12.1. The summed E-state index contributed by atoms with van der Waals surface area (Å²) in [5.41, 5.74) is 8.17. The number of nitrogen functional groups attached to an aromatic ring is 1. The zero-order valence-electron chi connectivity index (χ0n) is 19.6. The third kappa shape index (κ3) is 5.66. The minimum atomic E-state index is -0.521. The molecule has 0 fully saturated rings. The van der Waals surface area contributed by atoms with E-state index in [9.17, 15) is 4.79 Å². The highest BCUT2D eigenvalue weighted by atomic mass is 16.6. The number of likely N-dealkylation sites (N-methyl/N-ethyl adjacent to an activating group) is 1. The first-order chi connectivity index (χ1) is 15.2. The highest BCUT2D eigenvalue weighted by Gasteiger charge is 2.20. The number of pyridine rings is 1. The number of methoxy groups -OCH3 is 1. The highest BCUT2D eigenvalue weighted by Crippen LogP contribution is 2.28. The van der Waals surface area contributed by atoms with Gasteiger partial charge in [-0.25, -0.2) is 14.8 Å². The van der Waals surface area contributed by atoms with Crippen LogP contribution in [0, 0.1) is 0 Å². The van der Waals surface area contributed by atoms with Gasteiger partial charge in [-0.1, -0.05) is 18.2 Å². The van der Waals surface area contributed by atoms with E-state index in [1.54, 1.807) is 14.2 Å². The average Bonchev–Trinajstić information content (AvgIpc) is 3.10. The van der Waals surface area contributed by atoms with Crippen LogP contribution in [0.3, 0.4) is 0 Å². The molecule has 3 rings (SSSR count). The molecule has 174 valence electrons. The summed E-state index contributed by atoms with van der Waals surface area (Å²) < 4.78 is 18.6. The quantitative estimate of drug-likeness (QED) is 0.506. The third-order valence-corrected chi connectivity index (χ3v) is 4.95. The molecule has 1 aromatic carbocycles. The summed E-state index contributed by atoms with van der Waals surface area (Å²) in [6, 6.07) is 7.89. The Morgan fingerprint density at radius 3 is 2.62 bits per heavy atom. The molecule has 0 aliphatic carbocycles. The predicted molar refractivity (Wildman–Crippen MR) is 125 cm³/mol. The van der Waals surface area contributed by atoms with Crippen LogP contribution >= 0.6 is 0 Å². The van der Waals surface area contributed by atoms with Crippen LogP contribution in [0.1, 0.15) is 26.6 Å². The van der Waals surface area contributed by atoms with Gasteiger partial charge in [0, 0.05) is 39.1 Å². The lowest BCUT2D eigenvalue weighted by Gasteiger charge is -2.24. The van der Waals surface area contributed by atoms with E-state index in [0.717, 1.165) is 22.2 Å². The van der Waals surface area contributed by atoms with Crippen molar-refractivity contribution in [2.75, 3.05) is 46.3 Å². The lowest BCUT2D eigenvalue weighted by Crippen LogP contribution is -2.36. The summed E-state index contributed by atoms with van der Waals surface area (Å²) in [4.78, 5) is 22.8. The van der Waals surface area contributed by atoms with E-state index in [1.165, 1.54) is 4.90 Å². The maximum Gasteiger partial charge on any atom is 0.410 e. The van der Waals surface area contributed by atoms with Crippen LogP contribution in [0.25, 0.3) is 21.9 Å². The number of imidazole rings is 1. The van der Waals surface area contributed by atoms with E-state index in [2.05, 4.69) is 9.55 Å². The number of hydrogen-bond acceptors (Lipinski definition) is 7. The first kappa shape index (κ1) is 23.7. The van der Waals surface area contributed by atoms with E-state index >= 15 is 0 Å². The van der Waals surface area contributed by atoms with Crippen molar-refractivity contribution >= 4 is 33.8 Å². The number of aromatic nitrogens is 3. The number of carbonyl (C=O) groups excluding carboxylic acids is 1. The molecule has 2 aromatic heterocycles. The number of para-hydroxylation sites is 1. The predicted octanol–water partition coefficient (Wildman–Crippen LogP) is 3.24. The molecule has 0 spiro atoms. The fourth-order valence-corrected chi connectivity index (χ4v) is 3.42. The topological polar surface area (TPSA) is 105 Å². The second-order valence-corrected chi connectivity index (χ2v) is 8.65. The monoisotopic (exact) mass is 443 g/mol. The SMILES string of the molecule is COCCc1nc2c(N)nc3ccccc3c2n1CCOCCN(C)C(=O)OC(C)(C)C. The second kappa shape index (κ2) is 10.1. The normalized spacial score (nSPS) is 11.9. The van der Waals surface area contributed by atoms with Gasteiger partial charge in [0.2, 0.25) is 0 Å². The molecule has 32 heavy (non-hydrogen) atoms. The summed E-state index contributed by atoms with van der Waals surface area (Å²) >= 11 is 0. The van der Waals surface area contributed by atoms with Crippen LogP contribution in [0.5, 0.6) is 0 Å². The Bertz CT molecular complexity index is 1070. The largest absolute Gasteiger partial charge is 0.444 e. The third-order valence-electron chi connectivity index (χ3n) is 4.95. The van der Waals surface area contributed by atoms with Crippen molar-refractivity contribution in [2.45, 2.75) is 39.3 Å². The minimum absolute atomic E-state index is 0.363. The molecule has 2 N–H and O–H groups in total. The molecule has 9 nitrogen and oxygen atoms in total. The Morgan fingerprint density at radius 2 is 1.91 bits per heavy atom. The number of hydrogen-bond donors (Lipinski definition) is 1. The number of fused-ring (bicyclic) bond motifs is 3. The van der Waals surface area contributed by atoms with Crippen molar-refractivity contribution in [3.8, 4) is 0 Å². The fraction of sp³-hybridized carbons (Fsp3) is 0.522.